The Kier molecular flexibility index (Phi) is 3.71. The van der Waals surface area contributed by atoms with Crippen LogP contribution in [0.25, 0.3) is 0 Å². The second kappa shape index (κ2) is 4.40. The summed E-state index contributed by atoms with van der Waals surface area (Å²) >= 11 is 0. The molecule has 3 nitrogen and oxygen atoms in total. The van der Waals surface area contributed by atoms with Gasteiger partial charge in [-0.25, -0.2) is 0 Å². The van der Waals surface area contributed by atoms with E-state index in [9.17, 15) is 0 Å². The molecule has 0 unspecified atom stereocenters. The van der Waals surface area contributed by atoms with Crippen molar-refractivity contribution in [2.75, 3.05) is 46.3 Å². The Morgan fingerprint density at radius 1 is 1.15 bits per heavy atom. The van der Waals surface area contributed by atoms with E-state index in [1.54, 1.807) is 0 Å². The Balaban J connectivity index is 2.30. The van der Waals surface area contributed by atoms with E-state index < -0.39 is 0 Å². The summed E-state index contributed by atoms with van der Waals surface area (Å²) in [6.07, 6.45) is 0. The van der Waals surface area contributed by atoms with Crippen LogP contribution in [0, 0.1) is 5.41 Å². The van der Waals surface area contributed by atoms with E-state index in [0.29, 0.717) is 0 Å². The molecule has 0 bridgehead atoms. The monoisotopic (exact) mass is 185 g/mol. The Bertz CT molecular complexity index is 148. The molecule has 0 aliphatic carbocycles. The van der Waals surface area contributed by atoms with Crippen LogP contribution in [0.5, 0.6) is 0 Å². The maximum atomic E-state index is 5.71. The third-order valence-electron chi connectivity index (χ3n) is 2.80. The molecule has 0 aromatic heterocycles. The summed E-state index contributed by atoms with van der Waals surface area (Å²) in [5.74, 6) is 0. The molecule has 2 N–H and O–H groups in total. The number of nitrogens with two attached hydrogens (primary N) is 1. The fourth-order valence-corrected chi connectivity index (χ4v) is 1.68. The van der Waals surface area contributed by atoms with Gasteiger partial charge in [-0.15, -0.1) is 0 Å². The van der Waals surface area contributed by atoms with E-state index in [0.717, 1.165) is 13.1 Å². The molecule has 1 rings (SSSR count). The van der Waals surface area contributed by atoms with Crippen molar-refractivity contribution in [3.63, 3.8) is 0 Å². The molecule has 78 valence electrons. The van der Waals surface area contributed by atoms with Crippen LogP contribution in [-0.2, 0) is 0 Å². The summed E-state index contributed by atoms with van der Waals surface area (Å²) in [4.78, 5) is 4.90. The standard InChI is InChI=1S/C10H23N3/c1-10(2,8-11)9-13-6-4-12(3)5-7-13/h4-9,11H2,1-3H3. The molecule has 0 radical (unpaired) electrons. The molecule has 0 aromatic carbocycles. The molecule has 13 heavy (non-hydrogen) atoms. The van der Waals surface area contributed by atoms with Crippen LogP contribution in [0.15, 0.2) is 0 Å². The highest BCUT2D eigenvalue weighted by Crippen LogP contribution is 2.15. The van der Waals surface area contributed by atoms with Crippen molar-refractivity contribution < 1.29 is 0 Å². The lowest BCUT2D eigenvalue weighted by Crippen LogP contribution is -2.48. The first-order valence-corrected chi connectivity index (χ1v) is 5.14. The van der Waals surface area contributed by atoms with Gasteiger partial charge in [0.2, 0.25) is 0 Å². The van der Waals surface area contributed by atoms with Gasteiger partial charge in [0.05, 0.1) is 0 Å². The average molecular weight is 185 g/mol. The molecule has 3 heteroatoms. The molecule has 1 aliphatic rings. The van der Waals surface area contributed by atoms with Crippen molar-refractivity contribution in [2.45, 2.75) is 13.8 Å². The van der Waals surface area contributed by atoms with E-state index >= 15 is 0 Å². The summed E-state index contributed by atoms with van der Waals surface area (Å²) in [7, 11) is 2.19. The van der Waals surface area contributed by atoms with Gasteiger partial charge in [0.15, 0.2) is 0 Å². The van der Waals surface area contributed by atoms with Gasteiger partial charge in [0, 0.05) is 32.7 Å². The van der Waals surface area contributed by atoms with Crippen molar-refractivity contribution in [3.8, 4) is 0 Å². The number of hydrogen-bond donors (Lipinski definition) is 1. The van der Waals surface area contributed by atoms with Gasteiger partial charge in [-0.1, -0.05) is 13.8 Å². The van der Waals surface area contributed by atoms with Gasteiger partial charge in [-0.3, -0.25) is 0 Å². The van der Waals surface area contributed by atoms with Gasteiger partial charge >= 0.3 is 0 Å². The molecule has 0 aromatic rings. The third-order valence-corrected chi connectivity index (χ3v) is 2.80. The molecule has 1 fully saturated rings. The van der Waals surface area contributed by atoms with Gasteiger partial charge in [0.1, 0.15) is 0 Å². The fraction of sp³-hybridized carbons (Fsp3) is 1.00. The Morgan fingerprint density at radius 2 is 1.69 bits per heavy atom. The minimum Gasteiger partial charge on any atom is -0.330 e. The molecule has 0 amide bonds. The summed E-state index contributed by atoms with van der Waals surface area (Å²) in [6.45, 7) is 11.2. The van der Waals surface area contributed by atoms with Crippen molar-refractivity contribution in [1.29, 1.82) is 0 Å². The maximum Gasteiger partial charge on any atom is 0.0110 e. The molecule has 0 spiro atoms. The highest BCUT2D eigenvalue weighted by atomic mass is 15.2. The topological polar surface area (TPSA) is 32.5 Å². The van der Waals surface area contributed by atoms with Crippen LogP contribution in [-0.4, -0.2) is 56.1 Å². The predicted octanol–water partition coefficient (Wildman–Crippen LogP) is 0.219. The van der Waals surface area contributed by atoms with E-state index in [1.807, 2.05) is 0 Å². The lowest BCUT2D eigenvalue weighted by Gasteiger charge is -2.37. The minimum atomic E-state index is 0.274. The SMILES string of the molecule is CN1CCN(CC(C)(C)CN)CC1. The van der Waals surface area contributed by atoms with E-state index in [-0.39, 0.29) is 5.41 Å². The number of likely N-dealkylation sites (N-methyl/N-ethyl adjacent to an activating group) is 1. The molecule has 1 aliphatic heterocycles. The second-order valence-corrected chi connectivity index (χ2v) is 4.95. The Morgan fingerprint density at radius 3 is 2.15 bits per heavy atom. The Hall–Kier alpha value is -0.120. The largest absolute Gasteiger partial charge is 0.330 e. The Labute approximate surface area is 81.9 Å². The molecular weight excluding hydrogens is 162 g/mol. The van der Waals surface area contributed by atoms with Crippen molar-refractivity contribution in [3.05, 3.63) is 0 Å². The number of piperazine rings is 1. The van der Waals surface area contributed by atoms with Crippen molar-refractivity contribution in [2.24, 2.45) is 11.1 Å². The van der Waals surface area contributed by atoms with Crippen molar-refractivity contribution in [1.82, 2.24) is 9.80 Å². The zero-order valence-corrected chi connectivity index (χ0v) is 9.21. The molecule has 0 atom stereocenters. The van der Waals surface area contributed by atoms with E-state index in [1.165, 1.54) is 26.2 Å². The quantitative estimate of drug-likeness (QED) is 0.682. The molecule has 1 saturated heterocycles. The average Bonchev–Trinajstić information content (AvgIpc) is 2.09. The summed E-state index contributed by atoms with van der Waals surface area (Å²) in [5.41, 5.74) is 5.99. The normalized spacial score (nSPS) is 22.2. The first-order chi connectivity index (χ1) is 6.03. The zero-order valence-electron chi connectivity index (χ0n) is 9.21. The first kappa shape index (κ1) is 11.0. The first-order valence-electron chi connectivity index (χ1n) is 5.14. The third kappa shape index (κ3) is 3.63. The van der Waals surface area contributed by atoms with Gasteiger partial charge in [-0.2, -0.15) is 0 Å². The zero-order chi connectivity index (χ0) is 9.90. The van der Waals surface area contributed by atoms with Gasteiger partial charge in [0.25, 0.3) is 0 Å². The predicted molar refractivity (Wildman–Crippen MR) is 56.8 cm³/mol. The number of nitrogens with zero attached hydrogens (tertiary/aromatic N) is 2. The number of rotatable bonds is 3. The van der Waals surface area contributed by atoms with Crippen LogP contribution >= 0.6 is 0 Å². The summed E-state index contributed by atoms with van der Waals surface area (Å²) in [5, 5.41) is 0. The van der Waals surface area contributed by atoms with Crippen LogP contribution in [0.3, 0.4) is 0 Å². The van der Waals surface area contributed by atoms with E-state index in [2.05, 4.69) is 30.7 Å². The van der Waals surface area contributed by atoms with Crippen LogP contribution < -0.4 is 5.73 Å². The molecule has 1 heterocycles. The lowest BCUT2D eigenvalue weighted by molar-refractivity contribution is 0.114. The highest BCUT2D eigenvalue weighted by molar-refractivity contribution is 4.78. The van der Waals surface area contributed by atoms with Gasteiger partial charge in [-0.05, 0) is 19.0 Å². The molecular formula is C10H23N3. The maximum absolute atomic E-state index is 5.71. The second-order valence-electron chi connectivity index (χ2n) is 4.95. The van der Waals surface area contributed by atoms with Crippen LogP contribution in [0.1, 0.15) is 13.8 Å². The van der Waals surface area contributed by atoms with E-state index in [4.69, 9.17) is 5.73 Å². The minimum absolute atomic E-state index is 0.274. The van der Waals surface area contributed by atoms with Crippen LogP contribution in [0.2, 0.25) is 0 Å². The highest BCUT2D eigenvalue weighted by Gasteiger charge is 2.22. The fourth-order valence-electron chi connectivity index (χ4n) is 1.68. The molecule has 0 saturated carbocycles. The van der Waals surface area contributed by atoms with Gasteiger partial charge < -0.3 is 15.5 Å². The van der Waals surface area contributed by atoms with Crippen LogP contribution in [0.4, 0.5) is 0 Å². The smallest absolute Gasteiger partial charge is 0.0110 e. The summed E-state index contributed by atoms with van der Waals surface area (Å²) < 4.78 is 0. The lowest BCUT2D eigenvalue weighted by atomic mass is 9.93. The van der Waals surface area contributed by atoms with Crippen molar-refractivity contribution >= 4 is 0 Å². The number of hydrogen-bond acceptors (Lipinski definition) is 3. The summed E-state index contributed by atoms with van der Waals surface area (Å²) in [6, 6.07) is 0.